The third-order valence-corrected chi connectivity index (χ3v) is 4.27. The Labute approximate surface area is 129 Å². The smallest absolute Gasteiger partial charge is 0.149 e. The van der Waals surface area contributed by atoms with Gasteiger partial charge in [-0.15, -0.1) is 10.2 Å². The van der Waals surface area contributed by atoms with Crippen molar-refractivity contribution in [3.63, 3.8) is 0 Å². The van der Waals surface area contributed by atoms with E-state index in [0.29, 0.717) is 18.2 Å². The number of aromatic nitrogens is 2. The normalized spacial score (nSPS) is 10.9. The second-order valence-electron chi connectivity index (χ2n) is 3.79. The third-order valence-electron chi connectivity index (χ3n) is 2.38. The van der Waals surface area contributed by atoms with Gasteiger partial charge < -0.3 is 10.1 Å². The van der Waals surface area contributed by atoms with Crippen LogP contribution < -0.4 is 5.32 Å². The van der Waals surface area contributed by atoms with Gasteiger partial charge in [0, 0.05) is 35.3 Å². The molecule has 0 atom stereocenters. The zero-order chi connectivity index (χ0) is 13.7. The van der Waals surface area contributed by atoms with Crippen LogP contribution in [0.3, 0.4) is 0 Å². The summed E-state index contributed by atoms with van der Waals surface area (Å²) >= 11 is 11.1. The first kappa shape index (κ1) is 14.9. The number of halogens is 2. The molecule has 1 aromatic heterocycles. The number of nitrogens with one attached hydrogen (secondary N) is 1. The Morgan fingerprint density at radius 3 is 3.05 bits per heavy atom. The molecule has 0 fully saturated rings. The fraction of sp³-hybridized carbons (Fsp3) is 0.333. The van der Waals surface area contributed by atoms with Crippen molar-refractivity contribution >= 4 is 38.9 Å². The van der Waals surface area contributed by atoms with Crippen LogP contribution in [0.15, 0.2) is 22.7 Å². The predicted molar refractivity (Wildman–Crippen MR) is 81.6 cm³/mol. The van der Waals surface area contributed by atoms with Gasteiger partial charge in [0.2, 0.25) is 0 Å². The Morgan fingerprint density at radius 1 is 1.42 bits per heavy atom. The molecule has 0 spiro atoms. The largest absolute Gasteiger partial charge is 0.383 e. The molecule has 1 aromatic carbocycles. The average Bonchev–Trinajstić information content (AvgIpc) is 2.86. The summed E-state index contributed by atoms with van der Waals surface area (Å²) in [5.41, 5.74) is 0.966. The lowest BCUT2D eigenvalue weighted by Gasteiger charge is -2.00. The van der Waals surface area contributed by atoms with E-state index >= 15 is 0 Å². The minimum atomic E-state index is 0.686. The van der Waals surface area contributed by atoms with E-state index in [-0.39, 0.29) is 0 Å². The third kappa shape index (κ3) is 4.22. The van der Waals surface area contributed by atoms with Crippen LogP contribution in [0.4, 0.5) is 0 Å². The standard InChI is InChI=1S/C12H13BrClN3OS/c1-18-5-4-15-7-11-16-17-12(19-11)9-6-8(14)2-3-10(9)13/h2-3,6,15H,4-5,7H2,1H3. The molecule has 102 valence electrons. The Morgan fingerprint density at radius 2 is 2.26 bits per heavy atom. The van der Waals surface area contributed by atoms with Crippen molar-refractivity contribution in [2.45, 2.75) is 6.54 Å². The van der Waals surface area contributed by atoms with Crippen molar-refractivity contribution in [1.82, 2.24) is 15.5 Å². The topological polar surface area (TPSA) is 47.0 Å². The summed E-state index contributed by atoms with van der Waals surface area (Å²) in [4.78, 5) is 0. The van der Waals surface area contributed by atoms with Crippen LogP contribution >= 0.6 is 38.9 Å². The molecular formula is C12H13BrClN3OS. The van der Waals surface area contributed by atoms with E-state index in [2.05, 4.69) is 31.4 Å². The highest BCUT2D eigenvalue weighted by atomic mass is 79.9. The molecule has 7 heteroatoms. The molecule has 0 bridgehead atoms. The first-order valence-electron chi connectivity index (χ1n) is 5.68. The van der Waals surface area contributed by atoms with Crippen molar-refractivity contribution in [2.75, 3.05) is 20.3 Å². The molecule has 0 saturated heterocycles. The molecule has 2 rings (SSSR count). The number of ether oxygens (including phenoxy) is 1. The van der Waals surface area contributed by atoms with Crippen LogP contribution in [0.2, 0.25) is 5.02 Å². The van der Waals surface area contributed by atoms with E-state index in [4.69, 9.17) is 16.3 Å². The maximum atomic E-state index is 6.00. The molecule has 19 heavy (non-hydrogen) atoms. The lowest BCUT2D eigenvalue weighted by Crippen LogP contribution is -2.18. The van der Waals surface area contributed by atoms with E-state index in [9.17, 15) is 0 Å². The first-order valence-corrected chi connectivity index (χ1v) is 7.67. The molecule has 0 aliphatic heterocycles. The average molecular weight is 363 g/mol. The van der Waals surface area contributed by atoms with Gasteiger partial charge in [-0.05, 0) is 18.2 Å². The van der Waals surface area contributed by atoms with Crippen molar-refractivity contribution in [3.05, 3.63) is 32.7 Å². The summed E-state index contributed by atoms with van der Waals surface area (Å²) in [6.45, 7) is 2.18. The van der Waals surface area contributed by atoms with E-state index in [1.165, 1.54) is 0 Å². The number of hydrogen-bond acceptors (Lipinski definition) is 5. The predicted octanol–water partition coefficient (Wildman–Crippen LogP) is 3.36. The number of methoxy groups -OCH3 is 1. The lowest BCUT2D eigenvalue weighted by molar-refractivity contribution is 0.199. The molecular weight excluding hydrogens is 350 g/mol. The van der Waals surface area contributed by atoms with Crippen molar-refractivity contribution in [3.8, 4) is 10.6 Å². The summed E-state index contributed by atoms with van der Waals surface area (Å²) in [5.74, 6) is 0. The molecule has 1 heterocycles. The van der Waals surface area contributed by atoms with Gasteiger partial charge in [-0.1, -0.05) is 38.9 Å². The van der Waals surface area contributed by atoms with Gasteiger partial charge in [0.05, 0.1) is 6.61 Å². The van der Waals surface area contributed by atoms with E-state index in [1.54, 1.807) is 18.4 Å². The van der Waals surface area contributed by atoms with Crippen LogP contribution in [0.25, 0.3) is 10.6 Å². The second-order valence-corrected chi connectivity index (χ2v) is 6.15. The Bertz CT molecular complexity index is 550. The maximum Gasteiger partial charge on any atom is 0.149 e. The molecule has 0 aliphatic rings. The zero-order valence-corrected chi connectivity index (χ0v) is 13.5. The first-order chi connectivity index (χ1) is 9.20. The zero-order valence-electron chi connectivity index (χ0n) is 10.3. The molecule has 0 unspecified atom stereocenters. The van der Waals surface area contributed by atoms with Gasteiger partial charge in [-0.3, -0.25) is 0 Å². The van der Waals surface area contributed by atoms with Gasteiger partial charge in [0.15, 0.2) is 0 Å². The van der Waals surface area contributed by atoms with Crippen LogP contribution in [0.5, 0.6) is 0 Å². The van der Waals surface area contributed by atoms with E-state index in [0.717, 1.165) is 26.6 Å². The van der Waals surface area contributed by atoms with Crippen LogP contribution in [-0.2, 0) is 11.3 Å². The highest BCUT2D eigenvalue weighted by Gasteiger charge is 2.10. The van der Waals surface area contributed by atoms with Gasteiger partial charge >= 0.3 is 0 Å². The molecule has 0 saturated carbocycles. The van der Waals surface area contributed by atoms with Crippen LogP contribution in [-0.4, -0.2) is 30.5 Å². The van der Waals surface area contributed by atoms with Gasteiger partial charge in [0.1, 0.15) is 10.0 Å². The lowest BCUT2D eigenvalue weighted by atomic mass is 10.2. The fourth-order valence-electron chi connectivity index (χ4n) is 1.46. The molecule has 0 amide bonds. The van der Waals surface area contributed by atoms with Crippen LogP contribution in [0.1, 0.15) is 5.01 Å². The Hall–Kier alpha value is -0.530. The minimum Gasteiger partial charge on any atom is -0.383 e. The van der Waals surface area contributed by atoms with Crippen LogP contribution in [0, 0.1) is 0 Å². The summed E-state index contributed by atoms with van der Waals surface area (Å²) in [5, 5.41) is 14.1. The highest BCUT2D eigenvalue weighted by Crippen LogP contribution is 2.32. The Balaban J connectivity index is 2.06. The number of rotatable bonds is 6. The van der Waals surface area contributed by atoms with E-state index < -0.39 is 0 Å². The quantitative estimate of drug-likeness (QED) is 0.801. The van der Waals surface area contributed by atoms with E-state index in [1.807, 2.05) is 18.2 Å². The summed E-state index contributed by atoms with van der Waals surface area (Å²) < 4.78 is 5.93. The minimum absolute atomic E-state index is 0.686. The fourth-order valence-corrected chi connectivity index (χ4v) is 3.04. The summed E-state index contributed by atoms with van der Waals surface area (Å²) in [6.07, 6.45) is 0. The monoisotopic (exact) mass is 361 g/mol. The van der Waals surface area contributed by atoms with Gasteiger partial charge in [0.25, 0.3) is 0 Å². The molecule has 0 aliphatic carbocycles. The molecule has 1 N–H and O–H groups in total. The number of hydrogen-bond donors (Lipinski definition) is 1. The van der Waals surface area contributed by atoms with Crippen molar-refractivity contribution < 1.29 is 4.74 Å². The second kappa shape index (κ2) is 7.31. The van der Waals surface area contributed by atoms with Gasteiger partial charge in [-0.25, -0.2) is 0 Å². The van der Waals surface area contributed by atoms with Gasteiger partial charge in [-0.2, -0.15) is 0 Å². The van der Waals surface area contributed by atoms with Crippen molar-refractivity contribution in [1.29, 1.82) is 0 Å². The SMILES string of the molecule is COCCNCc1nnc(-c2cc(Cl)ccc2Br)s1. The number of nitrogens with zero attached hydrogens (tertiary/aromatic N) is 2. The molecule has 2 aromatic rings. The highest BCUT2D eigenvalue weighted by molar-refractivity contribution is 9.10. The maximum absolute atomic E-state index is 6.00. The summed E-state index contributed by atoms with van der Waals surface area (Å²) in [6, 6.07) is 5.63. The molecule has 4 nitrogen and oxygen atoms in total. The Kier molecular flexibility index (Phi) is 5.72. The van der Waals surface area contributed by atoms with Crippen molar-refractivity contribution in [2.24, 2.45) is 0 Å². The summed E-state index contributed by atoms with van der Waals surface area (Å²) in [7, 11) is 1.68. The number of benzene rings is 1. The molecule has 0 radical (unpaired) electrons.